The van der Waals surface area contributed by atoms with E-state index in [9.17, 15) is 15.2 Å². The van der Waals surface area contributed by atoms with Gasteiger partial charge in [-0.1, -0.05) is 29.4 Å². The molecule has 0 saturated carbocycles. The van der Waals surface area contributed by atoms with Crippen LogP contribution in [0, 0.1) is 11.3 Å². The molecule has 2 aromatic carbocycles. The zero-order valence-electron chi connectivity index (χ0n) is 16.6. The van der Waals surface area contributed by atoms with Crippen molar-refractivity contribution >= 4 is 50.9 Å². The van der Waals surface area contributed by atoms with Crippen molar-refractivity contribution in [1.82, 2.24) is 4.90 Å². The monoisotopic (exact) mass is 519 g/mol. The van der Waals surface area contributed by atoms with Gasteiger partial charge < -0.3 is 14.7 Å². The van der Waals surface area contributed by atoms with E-state index in [1.165, 1.54) is 11.8 Å². The van der Waals surface area contributed by atoms with Crippen LogP contribution in [0.4, 0.5) is 5.69 Å². The van der Waals surface area contributed by atoms with Crippen molar-refractivity contribution in [3.63, 3.8) is 0 Å². The molecule has 160 valence electrons. The summed E-state index contributed by atoms with van der Waals surface area (Å²) in [4.78, 5) is 16.8. The Morgan fingerprint density at radius 2 is 2.19 bits per heavy atom. The summed E-state index contributed by atoms with van der Waals surface area (Å²) in [6.45, 7) is 2.58. The van der Waals surface area contributed by atoms with Gasteiger partial charge in [0.2, 0.25) is 5.91 Å². The lowest BCUT2D eigenvalue weighted by Gasteiger charge is -2.42. The highest BCUT2D eigenvalue weighted by Gasteiger charge is 2.38. The van der Waals surface area contributed by atoms with E-state index in [0.717, 1.165) is 11.3 Å². The Kier molecular flexibility index (Phi) is 6.37. The molecule has 0 unspecified atom stereocenters. The van der Waals surface area contributed by atoms with Crippen molar-refractivity contribution in [2.45, 2.75) is 19.3 Å². The zero-order valence-corrected chi connectivity index (χ0v) is 19.8. The van der Waals surface area contributed by atoms with Crippen molar-refractivity contribution in [2.75, 3.05) is 24.1 Å². The van der Waals surface area contributed by atoms with E-state index in [4.69, 9.17) is 16.3 Å². The number of carbonyl (C=O) groups excluding carboxylic acids is 1. The summed E-state index contributed by atoms with van der Waals surface area (Å²) >= 11 is 10.9. The number of ether oxygens (including phenoxy) is 1. The first-order valence-corrected chi connectivity index (χ1v) is 11.8. The van der Waals surface area contributed by atoms with Crippen LogP contribution in [0.5, 0.6) is 11.5 Å². The van der Waals surface area contributed by atoms with Gasteiger partial charge in [0.25, 0.3) is 0 Å². The van der Waals surface area contributed by atoms with E-state index < -0.39 is 5.92 Å². The predicted molar refractivity (Wildman–Crippen MR) is 125 cm³/mol. The summed E-state index contributed by atoms with van der Waals surface area (Å²) in [5.41, 5.74) is 2.23. The standard InChI is InChI=1S/C22H19BrClN3O3S/c1-2-30-19-7-13(6-18(23)21(19)29)16-9-20(28)27-11-26(12-31-22(27)17(16)10-25)15-5-3-4-14(24)8-15/h3-8,16,29H,2,9,11-12H2,1H3/t16-/m1/s1. The number of hydrogen-bond acceptors (Lipinski definition) is 6. The molecule has 2 aliphatic heterocycles. The van der Waals surface area contributed by atoms with Gasteiger partial charge in [0.1, 0.15) is 0 Å². The van der Waals surface area contributed by atoms with Gasteiger partial charge in [-0.3, -0.25) is 9.69 Å². The van der Waals surface area contributed by atoms with Crippen LogP contribution in [0.15, 0.2) is 51.5 Å². The van der Waals surface area contributed by atoms with Crippen LogP contribution in [0.2, 0.25) is 5.02 Å². The molecule has 1 saturated heterocycles. The number of rotatable bonds is 4. The van der Waals surface area contributed by atoms with Crippen LogP contribution < -0.4 is 9.64 Å². The van der Waals surface area contributed by atoms with Crippen molar-refractivity contribution in [2.24, 2.45) is 0 Å². The molecule has 0 spiro atoms. The molecule has 4 rings (SSSR count). The highest BCUT2D eigenvalue weighted by molar-refractivity contribution is 9.10. The van der Waals surface area contributed by atoms with Crippen LogP contribution in [0.25, 0.3) is 0 Å². The minimum atomic E-state index is -0.398. The summed E-state index contributed by atoms with van der Waals surface area (Å²) in [7, 11) is 0. The average Bonchev–Trinajstić information content (AvgIpc) is 2.76. The van der Waals surface area contributed by atoms with Gasteiger partial charge >= 0.3 is 0 Å². The molecule has 2 aromatic rings. The Hall–Kier alpha value is -2.34. The van der Waals surface area contributed by atoms with Crippen molar-refractivity contribution < 1.29 is 14.6 Å². The van der Waals surface area contributed by atoms with Gasteiger partial charge in [0.15, 0.2) is 11.5 Å². The number of hydrogen-bond donors (Lipinski definition) is 1. The molecule has 1 atom stereocenters. The van der Waals surface area contributed by atoms with Gasteiger partial charge in [-0.05, 0) is 58.7 Å². The summed E-state index contributed by atoms with van der Waals surface area (Å²) < 4.78 is 5.99. The lowest BCUT2D eigenvalue weighted by molar-refractivity contribution is -0.129. The molecule has 1 amide bonds. The Morgan fingerprint density at radius 1 is 1.39 bits per heavy atom. The van der Waals surface area contributed by atoms with Crippen molar-refractivity contribution in [3.05, 3.63) is 62.1 Å². The van der Waals surface area contributed by atoms with Crippen LogP contribution in [0.1, 0.15) is 24.8 Å². The number of anilines is 1. The lowest BCUT2D eigenvalue weighted by Crippen LogP contribution is -2.47. The van der Waals surface area contributed by atoms with Gasteiger partial charge in [0.05, 0.1) is 40.3 Å². The third-order valence-electron chi connectivity index (χ3n) is 5.22. The normalized spacial score (nSPS) is 18.6. The number of phenols is 1. The Balaban J connectivity index is 1.69. The SMILES string of the molecule is CCOc1cc([C@H]2CC(=O)N3CN(c4cccc(Cl)c4)CSC3=C2C#N)cc(Br)c1O. The van der Waals surface area contributed by atoms with E-state index in [-0.39, 0.29) is 18.1 Å². The van der Waals surface area contributed by atoms with Gasteiger partial charge in [-0.25, -0.2) is 0 Å². The van der Waals surface area contributed by atoms with Crippen LogP contribution in [0.3, 0.4) is 0 Å². The van der Waals surface area contributed by atoms with E-state index >= 15 is 0 Å². The van der Waals surface area contributed by atoms with E-state index in [1.54, 1.807) is 17.0 Å². The molecule has 6 nitrogen and oxygen atoms in total. The maximum atomic E-state index is 13.1. The number of phenolic OH excluding ortho intramolecular Hbond substituents is 1. The number of halogens is 2. The van der Waals surface area contributed by atoms with Crippen molar-refractivity contribution in [3.8, 4) is 17.6 Å². The first-order valence-electron chi connectivity index (χ1n) is 9.66. The summed E-state index contributed by atoms with van der Waals surface area (Å²) in [6, 6.07) is 13.3. The number of fused-ring (bicyclic) bond motifs is 1. The van der Waals surface area contributed by atoms with Gasteiger partial charge in [0, 0.05) is 23.0 Å². The quantitative estimate of drug-likeness (QED) is 0.580. The molecule has 1 fully saturated rings. The average molecular weight is 521 g/mol. The number of nitriles is 1. The first-order chi connectivity index (χ1) is 14.9. The van der Waals surface area contributed by atoms with Crippen LogP contribution >= 0.6 is 39.3 Å². The second kappa shape index (κ2) is 9.03. The molecule has 2 heterocycles. The Labute approximate surface area is 198 Å². The number of amides is 1. The first kappa shape index (κ1) is 21.9. The fourth-order valence-electron chi connectivity index (χ4n) is 3.74. The number of benzene rings is 2. The van der Waals surface area contributed by atoms with E-state index in [2.05, 4.69) is 26.9 Å². The fraction of sp³-hybridized carbons (Fsp3) is 0.273. The summed E-state index contributed by atoms with van der Waals surface area (Å²) in [5.74, 6) is 0.476. The molecule has 0 bridgehead atoms. The molecule has 0 radical (unpaired) electrons. The Bertz CT molecular complexity index is 1120. The summed E-state index contributed by atoms with van der Waals surface area (Å²) in [6.07, 6.45) is 0.166. The van der Waals surface area contributed by atoms with Gasteiger partial charge in [-0.15, -0.1) is 0 Å². The van der Waals surface area contributed by atoms with Crippen LogP contribution in [-0.2, 0) is 4.79 Å². The number of nitrogens with zero attached hydrogens (tertiary/aromatic N) is 3. The Morgan fingerprint density at radius 3 is 2.90 bits per heavy atom. The van der Waals surface area contributed by atoms with E-state index in [0.29, 0.717) is 45.0 Å². The van der Waals surface area contributed by atoms with Crippen molar-refractivity contribution in [1.29, 1.82) is 5.26 Å². The minimum absolute atomic E-state index is 0.00438. The highest BCUT2D eigenvalue weighted by Crippen LogP contribution is 2.46. The number of thioether (sulfide) groups is 1. The molecule has 31 heavy (non-hydrogen) atoms. The van der Waals surface area contributed by atoms with E-state index in [1.807, 2.05) is 31.2 Å². The smallest absolute Gasteiger partial charge is 0.229 e. The third-order valence-corrected chi connectivity index (χ3v) is 7.21. The molecule has 9 heteroatoms. The second-order valence-corrected chi connectivity index (χ2v) is 9.35. The van der Waals surface area contributed by atoms with Gasteiger partial charge in [-0.2, -0.15) is 5.26 Å². The third kappa shape index (κ3) is 4.22. The molecular formula is C22H19BrClN3O3S. The molecule has 2 aliphatic rings. The zero-order chi connectivity index (χ0) is 22.1. The highest BCUT2D eigenvalue weighted by atomic mass is 79.9. The molecule has 1 N–H and O–H groups in total. The summed E-state index contributed by atoms with van der Waals surface area (Å²) in [5, 5.41) is 21.5. The fourth-order valence-corrected chi connectivity index (χ4v) is 5.56. The number of carbonyl (C=O) groups is 1. The number of allylic oxidation sites excluding steroid dienone is 1. The molecule has 0 aliphatic carbocycles. The largest absolute Gasteiger partial charge is 0.503 e. The van der Waals surface area contributed by atoms with Crippen LogP contribution in [-0.4, -0.2) is 35.1 Å². The molecule has 0 aromatic heterocycles. The minimum Gasteiger partial charge on any atom is -0.503 e. The maximum Gasteiger partial charge on any atom is 0.229 e. The maximum absolute atomic E-state index is 13.1. The lowest BCUT2D eigenvalue weighted by atomic mass is 9.86. The number of aromatic hydroxyl groups is 1. The predicted octanol–water partition coefficient (Wildman–Crippen LogP) is 5.43. The molecular weight excluding hydrogens is 502 g/mol. The second-order valence-electron chi connectivity index (χ2n) is 7.13. The topological polar surface area (TPSA) is 76.8 Å².